The highest BCUT2D eigenvalue weighted by atomic mass is 79.9. The van der Waals surface area contributed by atoms with Gasteiger partial charge in [0.2, 0.25) is 5.89 Å². The fourth-order valence-corrected chi connectivity index (χ4v) is 0.829. The minimum atomic E-state index is 0.141. The van der Waals surface area contributed by atoms with Gasteiger partial charge >= 0.3 is 0 Å². The van der Waals surface area contributed by atoms with E-state index in [0.717, 1.165) is 5.82 Å². The molecule has 4 heteroatoms. The molecule has 0 bridgehead atoms. The lowest BCUT2D eigenvalue weighted by Gasteiger charge is -1.93. The van der Waals surface area contributed by atoms with E-state index >= 15 is 0 Å². The van der Waals surface area contributed by atoms with Crippen LogP contribution in [0.25, 0.3) is 0 Å². The molecule has 0 saturated carbocycles. The molecule has 3 nitrogen and oxygen atoms in total. The maximum atomic E-state index is 4.98. The molecule has 0 spiro atoms. The molecule has 0 aromatic carbocycles. The molecular formula is C7H11BrN2O. The summed E-state index contributed by atoms with van der Waals surface area (Å²) in [7, 11) is 0. The summed E-state index contributed by atoms with van der Waals surface area (Å²) in [6.45, 7) is 6.03. The molecular weight excluding hydrogens is 208 g/mol. The summed E-state index contributed by atoms with van der Waals surface area (Å²) in [5.41, 5.74) is 0. The number of hydrogen-bond donors (Lipinski definition) is 0. The maximum absolute atomic E-state index is 4.98. The molecule has 1 rings (SSSR count). The molecule has 0 aliphatic heterocycles. The monoisotopic (exact) mass is 218 g/mol. The summed E-state index contributed by atoms with van der Waals surface area (Å²) in [5.74, 6) is 1.75. The zero-order chi connectivity index (χ0) is 8.43. The molecule has 0 amide bonds. The molecule has 0 aliphatic carbocycles. The molecule has 1 unspecified atom stereocenters. The Balaban J connectivity index is 2.82. The standard InChI is InChI=1S/C7H11BrN2O/c1-4(2)6-9-7(5(3)8)11-10-6/h4-5H,1-3H3. The van der Waals surface area contributed by atoms with Crippen LogP contribution in [0.5, 0.6) is 0 Å². The number of rotatable bonds is 2. The van der Waals surface area contributed by atoms with E-state index < -0.39 is 0 Å². The minimum Gasteiger partial charge on any atom is -0.338 e. The number of alkyl halides is 1. The summed E-state index contributed by atoms with van der Waals surface area (Å²) in [5, 5.41) is 3.82. The van der Waals surface area contributed by atoms with Crippen LogP contribution in [0.1, 0.15) is 43.2 Å². The minimum absolute atomic E-state index is 0.141. The zero-order valence-corrected chi connectivity index (χ0v) is 8.42. The van der Waals surface area contributed by atoms with E-state index in [1.54, 1.807) is 0 Å². The van der Waals surface area contributed by atoms with E-state index in [4.69, 9.17) is 4.52 Å². The quantitative estimate of drug-likeness (QED) is 0.717. The van der Waals surface area contributed by atoms with Crippen molar-refractivity contribution >= 4 is 15.9 Å². The second-order valence-electron chi connectivity index (χ2n) is 2.76. The van der Waals surface area contributed by atoms with Gasteiger partial charge in [-0.15, -0.1) is 0 Å². The van der Waals surface area contributed by atoms with Gasteiger partial charge in [0.25, 0.3) is 0 Å². The summed E-state index contributed by atoms with van der Waals surface area (Å²) in [6, 6.07) is 0. The van der Waals surface area contributed by atoms with Crippen LogP contribution in [0.2, 0.25) is 0 Å². The zero-order valence-electron chi connectivity index (χ0n) is 6.84. The summed E-state index contributed by atoms with van der Waals surface area (Å²) < 4.78 is 4.98. The maximum Gasteiger partial charge on any atom is 0.240 e. The van der Waals surface area contributed by atoms with Gasteiger partial charge in [-0.1, -0.05) is 34.9 Å². The van der Waals surface area contributed by atoms with Crippen LogP contribution in [0, 0.1) is 0 Å². The summed E-state index contributed by atoms with van der Waals surface area (Å²) in [6.07, 6.45) is 0. The van der Waals surface area contributed by atoms with Gasteiger partial charge in [0.1, 0.15) is 0 Å². The molecule has 0 saturated heterocycles. The van der Waals surface area contributed by atoms with Crippen LogP contribution >= 0.6 is 15.9 Å². The summed E-state index contributed by atoms with van der Waals surface area (Å²) in [4.78, 5) is 4.33. The number of halogens is 1. The molecule has 1 aromatic heterocycles. The van der Waals surface area contributed by atoms with Gasteiger partial charge in [0, 0.05) is 5.92 Å². The predicted octanol–water partition coefficient (Wildman–Crippen LogP) is 2.65. The molecule has 62 valence electrons. The van der Waals surface area contributed by atoms with Crippen molar-refractivity contribution in [1.29, 1.82) is 0 Å². The van der Waals surface area contributed by atoms with Gasteiger partial charge in [0.05, 0.1) is 4.83 Å². The van der Waals surface area contributed by atoms with Crippen LogP contribution in [0.3, 0.4) is 0 Å². The second kappa shape index (κ2) is 3.34. The normalized spacial score (nSPS) is 13.9. The SMILES string of the molecule is CC(C)c1noc(C(C)Br)n1. The van der Waals surface area contributed by atoms with Crippen molar-refractivity contribution < 1.29 is 4.52 Å². The molecule has 0 radical (unpaired) electrons. The number of nitrogens with zero attached hydrogens (tertiary/aromatic N) is 2. The first-order valence-electron chi connectivity index (χ1n) is 3.59. The average Bonchev–Trinajstić information content (AvgIpc) is 2.33. The van der Waals surface area contributed by atoms with Crippen LogP contribution in [-0.4, -0.2) is 10.1 Å². The molecule has 0 N–H and O–H groups in total. The van der Waals surface area contributed by atoms with Crippen molar-refractivity contribution in [3.05, 3.63) is 11.7 Å². The molecule has 11 heavy (non-hydrogen) atoms. The van der Waals surface area contributed by atoms with Crippen molar-refractivity contribution in [3.8, 4) is 0 Å². The van der Waals surface area contributed by atoms with Gasteiger partial charge in [-0.05, 0) is 6.92 Å². The Labute approximate surface area is 74.3 Å². The first-order valence-corrected chi connectivity index (χ1v) is 4.50. The molecule has 1 heterocycles. The van der Waals surface area contributed by atoms with E-state index in [9.17, 15) is 0 Å². The molecule has 1 aromatic rings. The third kappa shape index (κ3) is 2.02. The van der Waals surface area contributed by atoms with E-state index in [1.165, 1.54) is 0 Å². The van der Waals surface area contributed by atoms with Crippen LogP contribution in [0.15, 0.2) is 4.52 Å². The van der Waals surface area contributed by atoms with E-state index in [0.29, 0.717) is 11.8 Å². The third-order valence-corrected chi connectivity index (χ3v) is 1.71. The smallest absolute Gasteiger partial charge is 0.240 e. The van der Waals surface area contributed by atoms with Crippen LogP contribution in [0.4, 0.5) is 0 Å². The van der Waals surface area contributed by atoms with Crippen molar-refractivity contribution in [2.75, 3.05) is 0 Å². The fourth-order valence-electron chi connectivity index (χ4n) is 0.643. The van der Waals surface area contributed by atoms with Crippen molar-refractivity contribution in [2.24, 2.45) is 0 Å². The Kier molecular flexibility index (Phi) is 2.65. The lowest BCUT2D eigenvalue weighted by atomic mass is 10.2. The largest absolute Gasteiger partial charge is 0.338 e. The van der Waals surface area contributed by atoms with E-state index in [1.807, 2.05) is 20.8 Å². The molecule has 0 aliphatic rings. The Morgan fingerprint density at radius 3 is 2.27 bits per heavy atom. The first-order chi connectivity index (χ1) is 5.11. The molecule has 0 fully saturated rings. The lowest BCUT2D eigenvalue weighted by molar-refractivity contribution is 0.374. The average molecular weight is 219 g/mol. The Morgan fingerprint density at radius 2 is 2.00 bits per heavy atom. The predicted molar refractivity (Wildman–Crippen MR) is 45.7 cm³/mol. The second-order valence-corrected chi connectivity index (χ2v) is 4.14. The fraction of sp³-hybridized carbons (Fsp3) is 0.714. The van der Waals surface area contributed by atoms with Gasteiger partial charge in [0.15, 0.2) is 5.82 Å². The Morgan fingerprint density at radius 1 is 1.36 bits per heavy atom. The van der Waals surface area contributed by atoms with Gasteiger partial charge in [-0.25, -0.2) is 0 Å². The Hall–Kier alpha value is -0.380. The van der Waals surface area contributed by atoms with Crippen molar-refractivity contribution in [3.63, 3.8) is 0 Å². The van der Waals surface area contributed by atoms with E-state index in [-0.39, 0.29) is 4.83 Å². The number of aromatic nitrogens is 2. The molecule has 1 atom stereocenters. The van der Waals surface area contributed by atoms with Crippen LogP contribution < -0.4 is 0 Å². The number of hydrogen-bond acceptors (Lipinski definition) is 3. The first kappa shape index (κ1) is 8.71. The topological polar surface area (TPSA) is 38.9 Å². The van der Waals surface area contributed by atoms with E-state index in [2.05, 4.69) is 26.1 Å². The third-order valence-electron chi connectivity index (χ3n) is 1.31. The highest BCUT2D eigenvalue weighted by Gasteiger charge is 2.12. The van der Waals surface area contributed by atoms with Gasteiger partial charge in [-0.2, -0.15) is 4.98 Å². The van der Waals surface area contributed by atoms with Crippen molar-refractivity contribution in [1.82, 2.24) is 10.1 Å². The Bertz CT molecular complexity index is 210. The van der Waals surface area contributed by atoms with Gasteiger partial charge in [-0.3, -0.25) is 0 Å². The van der Waals surface area contributed by atoms with Crippen LogP contribution in [-0.2, 0) is 0 Å². The van der Waals surface area contributed by atoms with Crippen molar-refractivity contribution in [2.45, 2.75) is 31.5 Å². The highest BCUT2D eigenvalue weighted by Crippen LogP contribution is 2.20. The van der Waals surface area contributed by atoms with Gasteiger partial charge < -0.3 is 4.52 Å². The highest BCUT2D eigenvalue weighted by molar-refractivity contribution is 9.09. The lowest BCUT2D eigenvalue weighted by Crippen LogP contribution is -1.90. The summed E-state index contributed by atoms with van der Waals surface area (Å²) >= 11 is 3.35.